The fraction of sp³-hybridized carbons (Fsp3) is 0.423. The van der Waals surface area contributed by atoms with Gasteiger partial charge in [0.2, 0.25) is 5.91 Å². The highest BCUT2D eigenvalue weighted by molar-refractivity contribution is 6.06. The highest BCUT2D eigenvalue weighted by atomic mass is 16.2. The van der Waals surface area contributed by atoms with Crippen LogP contribution in [0.3, 0.4) is 0 Å². The number of anilines is 2. The molecule has 0 aromatic carbocycles. The molecular formula is C26H36N8O2. The van der Waals surface area contributed by atoms with Crippen LogP contribution in [0.1, 0.15) is 43.6 Å². The van der Waals surface area contributed by atoms with Gasteiger partial charge in [0.15, 0.2) is 0 Å². The summed E-state index contributed by atoms with van der Waals surface area (Å²) in [5, 5.41) is 14.0. The average molecular weight is 493 g/mol. The van der Waals surface area contributed by atoms with E-state index in [4.69, 9.17) is 16.1 Å². The number of nitrogens with zero attached hydrogens (tertiary/aromatic N) is 4. The number of hydrogen-bond acceptors (Lipinski definition) is 8. The minimum atomic E-state index is -0.577. The molecule has 10 heteroatoms. The van der Waals surface area contributed by atoms with Crippen molar-refractivity contribution >= 4 is 29.7 Å². The number of aromatic nitrogens is 2. The van der Waals surface area contributed by atoms with Gasteiger partial charge >= 0.3 is 0 Å². The van der Waals surface area contributed by atoms with Gasteiger partial charge < -0.3 is 31.6 Å². The monoisotopic (exact) mass is 492 g/mol. The summed E-state index contributed by atoms with van der Waals surface area (Å²) in [4.78, 5) is 38.9. The third-order valence-electron chi connectivity index (χ3n) is 6.07. The van der Waals surface area contributed by atoms with E-state index in [2.05, 4.69) is 32.5 Å². The molecule has 0 aliphatic carbocycles. The summed E-state index contributed by atoms with van der Waals surface area (Å²) >= 11 is 0. The first-order valence-electron chi connectivity index (χ1n) is 12.1. The number of amides is 2. The van der Waals surface area contributed by atoms with Gasteiger partial charge in [-0.2, -0.15) is 0 Å². The quantitative estimate of drug-likeness (QED) is 0.311. The molecule has 2 amide bonds. The predicted octanol–water partition coefficient (Wildman–Crippen LogP) is 2.26. The van der Waals surface area contributed by atoms with Gasteiger partial charge in [-0.1, -0.05) is 5.57 Å². The lowest BCUT2D eigenvalue weighted by Crippen LogP contribution is -2.44. The molecule has 2 aromatic rings. The van der Waals surface area contributed by atoms with Gasteiger partial charge in [-0.15, -0.1) is 0 Å². The second-order valence-electron chi connectivity index (χ2n) is 9.48. The van der Waals surface area contributed by atoms with Crippen LogP contribution in [0, 0.1) is 5.41 Å². The number of primary amides is 1. The Labute approximate surface area is 212 Å². The predicted molar refractivity (Wildman–Crippen MR) is 144 cm³/mol. The maximum absolute atomic E-state index is 13.2. The number of piperazine rings is 1. The maximum atomic E-state index is 13.2. The molecule has 0 unspecified atom stereocenters. The standard InChI is InChI=1S/C26H36N8O2/c1-16(2)21(24(28)35)15-30-26(36)19-12-22(32-25(20(19)13-27)31-17(3)4)18-6-7-23(29-14-18)34-10-8-33(5)9-11-34/h6-7,12-14,17,27H,8-11,15H2,1-5H3,(H2,28,35)(H,30,36)(H,31,32). The normalized spacial score (nSPS) is 13.9. The molecule has 0 spiro atoms. The number of likely N-dealkylation sites (N-methyl/N-ethyl adjacent to an activating group) is 1. The maximum Gasteiger partial charge on any atom is 0.252 e. The summed E-state index contributed by atoms with van der Waals surface area (Å²) in [6, 6.07) is 5.60. The summed E-state index contributed by atoms with van der Waals surface area (Å²) < 4.78 is 0. The van der Waals surface area contributed by atoms with Crippen LogP contribution in [-0.4, -0.2) is 78.7 Å². The molecule has 3 rings (SSSR count). The molecule has 192 valence electrons. The van der Waals surface area contributed by atoms with Crippen molar-refractivity contribution in [2.45, 2.75) is 33.7 Å². The molecule has 1 aliphatic rings. The largest absolute Gasteiger partial charge is 0.367 e. The number of hydrogen-bond donors (Lipinski definition) is 4. The zero-order chi connectivity index (χ0) is 26.4. The van der Waals surface area contributed by atoms with E-state index in [0.717, 1.165) is 49.3 Å². The number of nitrogens with one attached hydrogen (secondary N) is 3. The first kappa shape index (κ1) is 26.8. The lowest BCUT2D eigenvalue weighted by Gasteiger charge is -2.33. The van der Waals surface area contributed by atoms with Crippen LogP contribution in [0.4, 0.5) is 11.6 Å². The average Bonchev–Trinajstić information content (AvgIpc) is 2.83. The molecule has 1 saturated heterocycles. The third kappa shape index (κ3) is 6.45. The van der Waals surface area contributed by atoms with Gasteiger partial charge in [0.1, 0.15) is 11.6 Å². The fourth-order valence-electron chi connectivity index (χ4n) is 3.95. The SMILES string of the molecule is CC(C)=C(CNC(=O)c1cc(-c2ccc(N3CCN(C)CC3)nc2)nc(NC(C)C)c1C=N)C(N)=O. The third-order valence-corrected chi connectivity index (χ3v) is 6.07. The number of pyridine rings is 2. The summed E-state index contributed by atoms with van der Waals surface area (Å²) in [6.07, 6.45) is 2.87. The first-order chi connectivity index (χ1) is 17.1. The van der Waals surface area contributed by atoms with Crippen molar-refractivity contribution in [3.8, 4) is 11.3 Å². The Kier molecular flexibility index (Phi) is 8.76. The Morgan fingerprint density at radius 1 is 1.19 bits per heavy atom. The van der Waals surface area contributed by atoms with Crippen LogP contribution in [0.5, 0.6) is 0 Å². The molecule has 10 nitrogen and oxygen atoms in total. The minimum absolute atomic E-state index is 0.000184. The lowest BCUT2D eigenvalue weighted by molar-refractivity contribution is -0.114. The van der Waals surface area contributed by atoms with Crippen LogP contribution in [0.25, 0.3) is 11.3 Å². The van der Waals surface area contributed by atoms with Gasteiger partial charge in [-0.05, 0) is 52.9 Å². The van der Waals surface area contributed by atoms with Gasteiger partial charge in [-0.25, -0.2) is 9.97 Å². The molecule has 3 heterocycles. The van der Waals surface area contributed by atoms with Crippen molar-refractivity contribution < 1.29 is 9.59 Å². The highest BCUT2D eigenvalue weighted by Crippen LogP contribution is 2.26. The molecule has 2 aromatic heterocycles. The van der Waals surface area contributed by atoms with Crippen LogP contribution in [0.2, 0.25) is 0 Å². The molecule has 0 saturated carbocycles. The second kappa shape index (κ2) is 11.8. The van der Waals surface area contributed by atoms with E-state index in [1.54, 1.807) is 26.1 Å². The Bertz CT molecular complexity index is 1150. The van der Waals surface area contributed by atoms with E-state index in [-0.39, 0.29) is 18.2 Å². The summed E-state index contributed by atoms with van der Waals surface area (Å²) in [6.45, 7) is 11.3. The molecule has 36 heavy (non-hydrogen) atoms. The van der Waals surface area contributed by atoms with Crippen molar-refractivity contribution in [1.82, 2.24) is 20.2 Å². The van der Waals surface area contributed by atoms with E-state index in [1.807, 2.05) is 26.0 Å². The zero-order valence-electron chi connectivity index (χ0n) is 21.7. The van der Waals surface area contributed by atoms with Crippen LogP contribution in [-0.2, 0) is 4.79 Å². The van der Waals surface area contributed by atoms with E-state index in [1.165, 1.54) is 0 Å². The minimum Gasteiger partial charge on any atom is -0.367 e. The topological polar surface area (TPSA) is 140 Å². The van der Waals surface area contributed by atoms with E-state index in [0.29, 0.717) is 22.6 Å². The Balaban J connectivity index is 1.95. The second-order valence-corrected chi connectivity index (χ2v) is 9.48. The van der Waals surface area contributed by atoms with Gasteiger partial charge in [0.25, 0.3) is 5.91 Å². The number of allylic oxidation sites excluding steroid dienone is 1. The first-order valence-corrected chi connectivity index (χ1v) is 12.1. The fourth-order valence-corrected chi connectivity index (χ4v) is 3.95. The number of carbonyl (C=O) groups excluding carboxylic acids is 2. The van der Waals surface area contributed by atoms with E-state index >= 15 is 0 Å². The molecule has 1 fully saturated rings. The van der Waals surface area contributed by atoms with Crippen molar-refractivity contribution in [3.05, 3.63) is 46.7 Å². The molecule has 0 radical (unpaired) electrons. The van der Waals surface area contributed by atoms with Crippen molar-refractivity contribution in [3.63, 3.8) is 0 Å². The zero-order valence-corrected chi connectivity index (χ0v) is 21.7. The Morgan fingerprint density at radius 2 is 1.89 bits per heavy atom. The molecule has 0 atom stereocenters. The van der Waals surface area contributed by atoms with Crippen molar-refractivity contribution in [2.75, 3.05) is 50.0 Å². The molecule has 0 bridgehead atoms. The highest BCUT2D eigenvalue weighted by Gasteiger charge is 2.20. The molecule has 1 aliphatic heterocycles. The lowest BCUT2D eigenvalue weighted by atomic mass is 10.0. The number of nitrogens with two attached hydrogens (primary N) is 1. The summed E-state index contributed by atoms with van der Waals surface area (Å²) in [5.41, 5.74) is 8.49. The molecule has 5 N–H and O–H groups in total. The summed E-state index contributed by atoms with van der Waals surface area (Å²) in [7, 11) is 2.11. The smallest absolute Gasteiger partial charge is 0.252 e. The van der Waals surface area contributed by atoms with Crippen molar-refractivity contribution in [1.29, 1.82) is 5.41 Å². The number of carbonyl (C=O) groups is 2. The van der Waals surface area contributed by atoms with Gasteiger partial charge in [-0.3, -0.25) is 9.59 Å². The molecular weight excluding hydrogens is 456 g/mol. The number of rotatable bonds is 9. The van der Waals surface area contributed by atoms with Crippen molar-refractivity contribution in [2.24, 2.45) is 5.73 Å². The van der Waals surface area contributed by atoms with E-state index < -0.39 is 11.8 Å². The van der Waals surface area contributed by atoms with Gasteiger partial charge in [0.05, 0.1) is 11.3 Å². The Hall–Kier alpha value is -3.79. The summed E-state index contributed by atoms with van der Waals surface area (Å²) in [5.74, 6) is 0.336. The van der Waals surface area contributed by atoms with Crippen LogP contribution >= 0.6 is 0 Å². The van der Waals surface area contributed by atoms with Gasteiger partial charge in [0, 0.05) is 67.9 Å². The van der Waals surface area contributed by atoms with Crippen LogP contribution < -0.4 is 21.3 Å². The van der Waals surface area contributed by atoms with E-state index in [9.17, 15) is 9.59 Å². The van der Waals surface area contributed by atoms with Crippen LogP contribution in [0.15, 0.2) is 35.5 Å². The Morgan fingerprint density at radius 3 is 2.42 bits per heavy atom.